The number of carbonyl (C=O) groups is 1. The molecule has 14 heavy (non-hydrogen) atoms. The van der Waals surface area contributed by atoms with Gasteiger partial charge in [0.15, 0.2) is 0 Å². The Morgan fingerprint density at radius 2 is 2.36 bits per heavy atom. The van der Waals surface area contributed by atoms with E-state index in [9.17, 15) is 4.79 Å². The molecular weight excluding hydrogens is 178 g/mol. The molecule has 0 radical (unpaired) electrons. The van der Waals surface area contributed by atoms with E-state index in [1.807, 2.05) is 0 Å². The first-order chi connectivity index (χ1) is 6.75. The molecule has 2 N–H and O–H groups in total. The predicted molar refractivity (Wildman–Crippen MR) is 55.1 cm³/mol. The van der Waals surface area contributed by atoms with Crippen molar-refractivity contribution in [2.75, 3.05) is 26.7 Å². The monoisotopic (exact) mass is 197 g/mol. The van der Waals surface area contributed by atoms with E-state index in [-0.39, 0.29) is 11.9 Å². The lowest BCUT2D eigenvalue weighted by atomic mass is 10.2. The van der Waals surface area contributed by atoms with E-state index in [0.717, 1.165) is 38.9 Å². The molecule has 0 aromatic heterocycles. The highest BCUT2D eigenvalue weighted by Gasteiger charge is 2.26. The van der Waals surface area contributed by atoms with Gasteiger partial charge in [0.25, 0.3) is 0 Å². The molecule has 2 atom stereocenters. The van der Waals surface area contributed by atoms with Gasteiger partial charge in [-0.05, 0) is 39.4 Å². The zero-order valence-corrected chi connectivity index (χ0v) is 8.75. The van der Waals surface area contributed by atoms with Gasteiger partial charge in [-0.1, -0.05) is 0 Å². The molecule has 0 saturated carbocycles. The van der Waals surface area contributed by atoms with Crippen LogP contribution in [-0.2, 0) is 4.79 Å². The summed E-state index contributed by atoms with van der Waals surface area (Å²) in [5.41, 5.74) is 0. The fraction of sp³-hybridized carbons (Fsp3) is 0.900. The second-order valence-corrected chi connectivity index (χ2v) is 4.41. The SMILES string of the molecule is CN1CCC(NC(=O)[C@H]2CCCN2)C1. The van der Waals surface area contributed by atoms with Gasteiger partial charge in [0.1, 0.15) is 0 Å². The third-order valence-electron chi connectivity index (χ3n) is 3.11. The minimum absolute atomic E-state index is 0.0703. The van der Waals surface area contributed by atoms with Gasteiger partial charge < -0.3 is 15.5 Å². The summed E-state index contributed by atoms with van der Waals surface area (Å²) in [4.78, 5) is 14.0. The zero-order valence-electron chi connectivity index (χ0n) is 8.75. The second kappa shape index (κ2) is 4.28. The summed E-state index contributed by atoms with van der Waals surface area (Å²) in [6.07, 6.45) is 3.21. The fourth-order valence-corrected chi connectivity index (χ4v) is 2.26. The molecule has 2 aliphatic rings. The Labute approximate surface area is 85.0 Å². The number of rotatable bonds is 2. The van der Waals surface area contributed by atoms with Crippen molar-refractivity contribution in [2.45, 2.75) is 31.3 Å². The van der Waals surface area contributed by atoms with Crippen molar-refractivity contribution >= 4 is 5.91 Å². The molecule has 2 fully saturated rings. The van der Waals surface area contributed by atoms with E-state index >= 15 is 0 Å². The van der Waals surface area contributed by atoms with Crippen LogP contribution in [-0.4, -0.2) is 49.6 Å². The maximum Gasteiger partial charge on any atom is 0.237 e. The number of hydrogen-bond donors (Lipinski definition) is 2. The zero-order chi connectivity index (χ0) is 9.97. The number of nitrogens with one attached hydrogen (secondary N) is 2. The van der Waals surface area contributed by atoms with Crippen molar-refractivity contribution in [2.24, 2.45) is 0 Å². The van der Waals surface area contributed by atoms with Crippen molar-refractivity contribution in [3.63, 3.8) is 0 Å². The number of nitrogens with zero attached hydrogens (tertiary/aromatic N) is 1. The number of carbonyl (C=O) groups excluding carboxylic acids is 1. The average Bonchev–Trinajstić information content (AvgIpc) is 2.75. The molecule has 80 valence electrons. The minimum atomic E-state index is 0.0703. The number of amides is 1. The van der Waals surface area contributed by atoms with Crippen LogP contribution >= 0.6 is 0 Å². The largest absolute Gasteiger partial charge is 0.351 e. The quantitative estimate of drug-likeness (QED) is 0.631. The van der Waals surface area contributed by atoms with Crippen LogP contribution in [0.4, 0.5) is 0 Å². The van der Waals surface area contributed by atoms with Crippen molar-refractivity contribution in [3.05, 3.63) is 0 Å². The first-order valence-corrected chi connectivity index (χ1v) is 5.48. The molecule has 0 aromatic rings. The summed E-state index contributed by atoms with van der Waals surface area (Å²) in [5, 5.41) is 6.32. The maximum atomic E-state index is 11.7. The lowest BCUT2D eigenvalue weighted by Gasteiger charge is -2.16. The first kappa shape index (κ1) is 9.93. The summed E-state index contributed by atoms with van der Waals surface area (Å²) < 4.78 is 0. The molecule has 0 spiro atoms. The third kappa shape index (κ3) is 2.25. The second-order valence-electron chi connectivity index (χ2n) is 4.41. The van der Waals surface area contributed by atoms with Crippen LogP contribution < -0.4 is 10.6 Å². The summed E-state index contributed by atoms with van der Waals surface area (Å²) >= 11 is 0. The summed E-state index contributed by atoms with van der Waals surface area (Å²) in [6, 6.07) is 0.441. The smallest absolute Gasteiger partial charge is 0.237 e. The van der Waals surface area contributed by atoms with E-state index in [2.05, 4.69) is 22.6 Å². The highest BCUT2D eigenvalue weighted by Crippen LogP contribution is 2.09. The number of likely N-dealkylation sites (N-methyl/N-ethyl adjacent to an activating group) is 1. The van der Waals surface area contributed by atoms with Gasteiger partial charge in [0.2, 0.25) is 5.91 Å². The highest BCUT2D eigenvalue weighted by atomic mass is 16.2. The van der Waals surface area contributed by atoms with Gasteiger partial charge in [0, 0.05) is 12.6 Å². The molecule has 0 aliphatic carbocycles. The Hall–Kier alpha value is -0.610. The number of hydrogen-bond acceptors (Lipinski definition) is 3. The lowest BCUT2D eigenvalue weighted by molar-refractivity contribution is -0.123. The van der Waals surface area contributed by atoms with E-state index in [0.29, 0.717) is 6.04 Å². The van der Waals surface area contributed by atoms with Gasteiger partial charge in [-0.3, -0.25) is 4.79 Å². The molecule has 2 heterocycles. The van der Waals surface area contributed by atoms with Crippen molar-refractivity contribution in [1.82, 2.24) is 15.5 Å². The van der Waals surface area contributed by atoms with Gasteiger partial charge in [0.05, 0.1) is 6.04 Å². The van der Waals surface area contributed by atoms with Crippen molar-refractivity contribution < 1.29 is 4.79 Å². The topological polar surface area (TPSA) is 44.4 Å². The van der Waals surface area contributed by atoms with Gasteiger partial charge in [-0.15, -0.1) is 0 Å². The molecule has 0 bridgehead atoms. The van der Waals surface area contributed by atoms with Crippen LogP contribution in [0.1, 0.15) is 19.3 Å². The summed E-state index contributed by atoms with van der Waals surface area (Å²) in [6.45, 7) is 3.09. The normalized spacial score (nSPS) is 33.5. The van der Waals surface area contributed by atoms with E-state index in [1.165, 1.54) is 0 Å². The first-order valence-electron chi connectivity index (χ1n) is 5.48. The van der Waals surface area contributed by atoms with Crippen LogP contribution in [0.5, 0.6) is 0 Å². The summed E-state index contributed by atoms with van der Waals surface area (Å²) in [5.74, 6) is 0.197. The third-order valence-corrected chi connectivity index (χ3v) is 3.11. The molecule has 1 amide bonds. The Morgan fingerprint density at radius 1 is 1.50 bits per heavy atom. The molecule has 0 aromatic carbocycles. The van der Waals surface area contributed by atoms with E-state index in [4.69, 9.17) is 0 Å². The molecule has 4 nitrogen and oxygen atoms in total. The van der Waals surface area contributed by atoms with Crippen LogP contribution in [0.2, 0.25) is 0 Å². The fourth-order valence-electron chi connectivity index (χ4n) is 2.26. The van der Waals surface area contributed by atoms with Gasteiger partial charge in [-0.25, -0.2) is 0 Å². The Balaban J connectivity index is 1.76. The van der Waals surface area contributed by atoms with Gasteiger partial charge in [-0.2, -0.15) is 0 Å². The van der Waals surface area contributed by atoms with Crippen LogP contribution in [0.25, 0.3) is 0 Å². The van der Waals surface area contributed by atoms with Crippen LogP contribution in [0, 0.1) is 0 Å². The lowest BCUT2D eigenvalue weighted by Crippen LogP contribution is -2.45. The van der Waals surface area contributed by atoms with Gasteiger partial charge >= 0.3 is 0 Å². The minimum Gasteiger partial charge on any atom is -0.351 e. The predicted octanol–water partition coefficient (Wildman–Crippen LogP) is -0.441. The molecule has 4 heteroatoms. The Bertz CT molecular complexity index is 213. The summed E-state index contributed by atoms with van der Waals surface area (Å²) in [7, 11) is 2.10. The van der Waals surface area contributed by atoms with Crippen molar-refractivity contribution in [1.29, 1.82) is 0 Å². The van der Waals surface area contributed by atoms with Crippen molar-refractivity contribution in [3.8, 4) is 0 Å². The standard InChI is InChI=1S/C10H19N3O/c1-13-6-4-8(7-13)12-10(14)9-3-2-5-11-9/h8-9,11H,2-7H2,1H3,(H,12,14)/t8?,9-/m1/s1. The Kier molecular flexibility index (Phi) is 3.03. The molecular formula is C10H19N3O. The molecule has 2 saturated heterocycles. The highest BCUT2D eigenvalue weighted by molar-refractivity contribution is 5.82. The molecule has 1 unspecified atom stereocenters. The average molecular weight is 197 g/mol. The van der Waals surface area contributed by atoms with Crippen LogP contribution in [0.15, 0.2) is 0 Å². The van der Waals surface area contributed by atoms with E-state index in [1.54, 1.807) is 0 Å². The maximum absolute atomic E-state index is 11.7. The van der Waals surface area contributed by atoms with Crippen LogP contribution in [0.3, 0.4) is 0 Å². The molecule has 2 rings (SSSR count). The molecule has 2 aliphatic heterocycles. The Morgan fingerprint density at radius 3 is 2.93 bits per heavy atom. The number of likely N-dealkylation sites (tertiary alicyclic amines) is 1. The van der Waals surface area contributed by atoms with E-state index < -0.39 is 0 Å².